The Kier molecular flexibility index (Phi) is 4.36. The highest BCUT2D eigenvalue weighted by Crippen LogP contribution is 2.12. The lowest BCUT2D eigenvalue weighted by Gasteiger charge is -2.27. The summed E-state index contributed by atoms with van der Waals surface area (Å²) in [5.74, 6) is -0.271. The molecule has 0 saturated carbocycles. The minimum Gasteiger partial charge on any atom is -0.338 e. The molecule has 3 rings (SSSR count). The van der Waals surface area contributed by atoms with Crippen molar-refractivity contribution in [2.45, 2.75) is 19.4 Å². The molecule has 1 aliphatic rings. The summed E-state index contributed by atoms with van der Waals surface area (Å²) in [7, 11) is 0. The predicted molar refractivity (Wildman–Crippen MR) is 82.5 cm³/mol. The fraction of sp³-hybridized carbons (Fsp3) is 0.312. The van der Waals surface area contributed by atoms with E-state index in [4.69, 9.17) is 0 Å². The van der Waals surface area contributed by atoms with Crippen molar-refractivity contribution in [1.82, 2.24) is 20.2 Å². The maximum absolute atomic E-state index is 12.8. The number of halogens is 1. The monoisotopic (exact) mass is 316 g/mol. The summed E-state index contributed by atoms with van der Waals surface area (Å²) in [6, 6.07) is 6.04. The van der Waals surface area contributed by atoms with Crippen LogP contribution in [0.4, 0.5) is 9.18 Å². The van der Waals surface area contributed by atoms with E-state index in [0.29, 0.717) is 43.7 Å². The topological polar surface area (TPSA) is 78.1 Å². The number of urea groups is 1. The number of carbonyl (C=O) groups is 1. The molecule has 0 aliphatic carbocycles. The molecular formula is C16H17FN4O2. The zero-order valence-corrected chi connectivity index (χ0v) is 12.5. The quantitative estimate of drug-likeness (QED) is 0.894. The van der Waals surface area contributed by atoms with Gasteiger partial charge in [0.25, 0.3) is 5.56 Å². The highest BCUT2D eigenvalue weighted by molar-refractivity contribution is 5.74. The van der Waals surface area contributed by atoms with E-state index in [0.717, 1.165) is 5.56 Å². The molecule has 1 aliphatic heterocycles. The smallest absolute Gasteiger partial charge is 0.317 e. The van der Waals surface area contributed by atoms with E-state index < -0.39 is 0 Å². The van der Waals surface area contributed by atoms with Crippen LogP contribution in [0.15, 0.2) is 35.4 Å². The van der Waals surface area contributed by atoms with Gasteiger partial charge in [0.05, 0.1) is 18.6 Å². The lowest BCUT2D eigenvalue weighted by atomic mass is 10.1. The number of hydrogen-bond acceptors (Lipinski definition) is 3. The molecule has 1 aromatic heterocycles. The van der Waals surface area contributed by atoms with E-state index in [-0.39, 0.29) is 17.4 Å². The third-order valence-electron chi connectivity index (χ3n) is 3.90. The standard InChI is InChI=1S/C16H17FN4O2/c17-12-3-1-11(2-4-12)5-7-18-16(23)21-8-6-13-14(9-21)19-10-20-15(13)22/h1-4,10H,5-9H2,(H,18,23)(H,19,20,22). The summed E-state index contributed by atoms with van der Waals surface area (Å²) in [6.45, 7) is 1.29. The third-order valence-corrected chi connectivity index (χ3v) is 3.90. The van der Waals surface area contributed by atoms with Crippen molar-refractivity contribution < 1.29 is 9.18 Å². The average molecular weight is 316 g/mol. The summed E-state index contributed by atoms with van der Waals surface area (Å²) in [4.78, 5) is 32.2. The van der Waals surface area contributed by atoms with Crippen LogP contribution < -0.4 is 10.9 Å². The highest BCUT2D eigenvalue weighted by atomic mass is 19.1. The van der Waals surface area contributed by atoms with Gasteiger partial charge in [-0.1, -0.05) is 12.1 Å². The van der Waals surface area contributed by atoms with Gasteiger partial charge in [-0.2, -0.15) is 0 Å². The number of aromatic nitrogens is 2. The number of amides is 2. The third kappa shape index (κ3) is 3.56. The summed E-state index contributed by atoms with van der Waals surface area (Å²) in [6.07, 6.45) is 2.50. The van der Waals surface area contributed by atoms with Crippen LogP contribution in [-0.2, 0) is 19.4 Å². The van der Waals surface area contributed by atoms with Crippen molar-refractivity contribution in [2.75, 3.05) is 13.1 Å². The molecule has 0 atom stereocenters. The van der Waals surface area contributed by atoms with Crippen molar-refractivity contribution >= 4 is 6.03 Å². The van der Waals surface area contributed by atoms with Crippen molar-refractivity contribution in [3.8, 4) is 0 Å². The maximum atomic E-state index is 12.8. The Morgan fingerprint density at radius 1 is 1.35 bits per heavy atom. The molecule has 1 aromatic carbocycles. The van der Waals surface area contributed by atoms with E-state index in [2.05, 4.69) is 15.3 Å². The van der Waals surface area contributed by atoms with Gasteiger partial charge in [-0.3, -0.25) is 4.79 Å². The molecule has 2 N–H and O–H groups in total. The minimum absolute atomic E-state index is 0.133. The molecule has 6 nitrogen and oxygen atoms in total. The number of hydrogen-bond donors (Lipinski definition) is 2. The van der Waals surface area contributed by atoms with Crippen LogP contribution in [0, 0.1) is 5.82 Å². The summed E-state index contributed by atoms with van der Waals surface area (Å²) in [5, 5.41) is 2.84. The lowest BCUT2D eigenvalue weighted by molar-refractivity contribution is 0.191. The molecule has 0 radical (unpaired) electrons. The Bertz CT molecular complexity index is 757. The average Bonchev–Trinajstić information content (AvgIpc) is 2.56. The minimum atomic E-state index is -0.271. The van der Waals surface area contributed by atoms with Crippen LogP contribution in [0.1, 0.15) is 16.8 Å². The first-order chi connectivity index (χ1) is 11.1. The second-order valence-corrected chi connectivity index (χ2v) is 5.44. The molecule has 0 unspecified atom stereocenters. The number of carbonyl (C=O) groups excluding carboxylic acids is 1. The number of H-pyrrole nitrogens is 1. The second kappa shape index (κ2) is 6.60. The molecular weight excluding hydrogens is 299 g/mol. The first-order valence-corrected chi connectivity index (χ1v) is 7.46. The van der Waals surface area contributed by atoms with E-state index in [9.17, 15) is 14.0 Å². The van der Waals surface area contributed by atoms with Gasteiger partial charge in [0.1, 0.15) is 5.82 Å². The molecule has 120 valence electrons. The van der Waals surface area contributed by atoms with Gasteiger partial charge in [-0.05, 0) is 30.5 Å². The van der Waals surface area contributed by atoms with Gasteiger partial charge < -0.3 is 15.2 Å². The Labute approximate surface area is 132 Å². The van der Waals surface area contributed by atoms with E-state index in [1.165, 1.54) is 18.5 Å². The zero-order chi connectivity index (χ0) is 16.2. The number of nitrogens with one attached hydrogen (secondary N) is 2. The summed E-state index contributed by atoms with van der Waals surface area (Å²) >= 11 is 0. The fourth-order valence-corrected chi connectivity index (χ4v) is 2.62. The largest absolute Gasteiger partial charge is 0.338 e. The fourth-order valence-electron chi connectivity index (χ4n) is 2.62. The molecule has 2 amide bonds. The number of benzene rings is 1. The van der Waals surface area contributed by atoms with Gasteiger partial charge in [0, 0.05) is 18.7 Å². The van der Waals surface area contributed by atoms with Gasteiger partial charge in [0.15, 0.2) is 0 Å². The van der Waals surface area contributed by atoms with Gasteiger partial charge >= 0.3 is 6.03 Å². The number of nitrogens with zero attached hydrogens (tertiary/aromatic N) is 2. The lowest BCUT2D eigenvalue weighted by Crippen LogP contribution is -2.44. The van der Waals surface area contributed by atoms with Gasteiger partial charge in [0.2, 0.25) is 0 Å². The van der Waals surface area contributed by atoms with Crippen LogP contribution in [-0.4, -0.2) is 34.0 Å². The Morgan fingerprint density at radius 2 is 2.13 bits per heavy atom. The van der Waals surface area contributed by atoms with Crippen LogP contribution in [0.3, 0.4) is 0 Å². The molecule has 2 aromatic rings. The molecule has 2 heterocycles. The van der Waals surface area contributed by atoms with Crippen LogP contribution in [0.5, 0.6) is 0 Å². The van der Waals surface area contributed by atoms with Crippen LogP contribution in [0.2, 0.25) is 0 Å². The van der Waals surface area contributed by atoms with E-state index in [1.807, 2.05) is 0 Å². The van der Waals surface area contributed by atoms with Crippen LogP contribution >= 0.6 is 0 Å². The summed E-state index contributed by atoms with van der Waals surface area (Å²) in [5.41, 5.74) is 2.13. The number of rotatable bonds is 3. The Balaban J connectivity index is 1.53. The van der Waals surface area contributed by atoms with Crippen molar-refractivity contribution in [3.63, 3.8) is 0 Å². The van der Waals surface area contributed by atoms with Crippen molar-refractivity contribution in [1.29, 1.82) is 0 Å². The molecule has 0 saturated heterocycles. The van der Waals surface area contributed by atoms with E-state index in [1.54, 1.807) is 17.0 Å². The number of aromatic amines is 1. The Morgan fingerprint density at radius 3 is 2.91 bits per heavy atom. The molecule has 0 bridgehead atoms. The predicted octanol–water partition coefficient (Wildman–Crippen LogP) is 1.22. The van der Waals surface area contributed by atoms with Crippen LogP contribution in [0.25, 0.3) is 0 Å². The first kappa shape index (κ1) is 15.2. The normalized spacial score (nSPS) is 13.5. The maximum Gasteiger partial charge on any atom is 0.317 e. The highest BCUT2D eigenvalue weighted by Gasteiger charge is 2.23. The Hall–Kier alpha value is -2.70. The number of fused-ring (bicyclic) bond motifs is 1. The second-order valence-electron chi connectivity index (χ2n) is 5.44. The van der Waals surface area contributed by atoms with Crippen molar-refractivity contribution in [2.24, 2.45) is 0 Å². The molecule has 0 fully saturated rings. The molecule has 0 spiro atoms. The van der Waals surface area contributed by atoms with E-state index >= 15 is 0 Å². The van der Waals surface area contributed by atoms with Gasteiger partial charge in [-0.25, -0.2) is 14.2 Å². The molecule has 7 heteroatoms. The zero-order valence-electron chi connectivity index (χ0n) is 12.5. The first-order valence-electron chi connectivity index (χ1n) is 7.46. The summed E-state index contributed by atoms with van der Waals surface area (Å²) < 4.78 is 12.8. The molecule has 23 heavy (non-hydrogen) atoms. The van der Waals surface area contributed by atoms with Gasteiger partial charge in [-0.15, -0.1) is 0 Å². The SMILES string of the molecule is O=C(NCCc1ccc(F)cc1)N1CCc2c(nc[nH]c2=O)C1. The van der Waals surface area contributed by atoms with Crippen molar-refractivity contribution in [3.05, 3.63) is 63.6 Å².